The van der Waals surface area contributed by atoms with Gasteiger partial charge in [-0.1, -0.05) is 54.6 Å². The Bertz CT molecular complexity index is 2630. The molecule has 5 aromatic carbocycles. The molecule has 6 nitrogen and oxygen atoms in total. The van der Waals surface area contributed by atoms with Crippen molar-refractivity contribution < 1.29 is 4.74 Å². The highest BCUT2D eigenvalue weighted by atomic mass is 16.5. The van der Waals surface area contributed by atoms with Gasteiger partial charge in [0.25, 0.3) is 0 Å². The van der Waals surface area contributed by atoms with Gasteiger partial charge in [0.05, 0.1) is 16.6 Å². The van der Waals surface area contributed by atoms with E-state index >= 15 is 0 Å². The van der Waals surface area contributed by atoms with Crippen LogP contribution in [0.3, 0.4) is 0 Å². The molecule has 0 aliphatic heterocycles. The molecule has 0 N–H and O–H groups in total. The maximum atomic E-state index is 6.61. The van der Waals surface area contributed by atoms with Crippen LogP contribution in [0.4, 0.5) is 0 Å². The number of benzene rings is 5. The molecule has 9 aromatic rings. The number of hydrogen-bond acceptors (Lipinski definition) is 4. The van der Waals surface area contributed by atoms with E-state index in [2.05, 4.69) is 129 Å². The van der Waals surface area contributed by atoms with Crippen molar-refractivity contribution in [1.82, 2.24) is 24.1 Å². The Labute approximate surface area is 265 Å². The molecule has 46 heavy (non-hydrogen) atoms. The second-order valence-electron chi connectivity index (χ2n) is 11.9. The van der Waals surface area contributed by atoms with Crippen molar-refractivity contribution in [2.75, 3.05) is 0 Å². The van der Waals surface area contributed by atoms with E-state index < -0.39 is 0 Å². The SMILES string of the molecule is Cc1cccc(C)c1-c1cccc2c1c1ccc(Oc3ccc4c5ccccc5n(-c5ccccn5)c4c3)cc1c1nnc(C)n21. The first-order valence-corrected chi connectivity index (χ1v) is 15.5. The fourth-order valence-corrected chi connectivity index (χ4v) is 7.15. The second kappa shape index (κ2) is 10.0. The Balaban J connectivity index is 1.25. The average Bonchev–Trinajstić information content (AvgIpc) is 3.63. The summed E-state index contributed by atoms with van der Waals surface area (Å²) in [7, 11) is 0. The standard InChI is InChI=1S/C40H29N5O/c1-24-10-8-11-25(2)38(24)32-13-9-15-35-39(32)31-20-18-27(22-33(31)40-43-42-26(3)44(35)40)46-28-17-19-30-29-12-4-5-14-34(29)45(36(30)23-28)37-16-6-7-21-41-37/h4-23H,1-3H3. The number of para-hydroxylation sites is 1. The fraction of sp³-hybridized carbons (Fsp3) is 0.0750. The molecule has 0 atom stereocenters. The molecule has 220 valence electrons. The van der Waals surface area contributed by atoms with Gasteiger partial charge in [-0.15, -0.1) is 10.2 Å². The van der Waals surface area contributed by atoms with Crippen LogP contribution in [0.2, 0.25) is 0 Å². The third-order valence-electron chi connectivity index (χ3n) is 9.12. The third-order valence-corrected chi connectivity index (χ3v) is 9.12. The summed E-state index contributed by atoms with van der Waals surface area (Å²) in [5.74, 6) is 3.20. The van der Waals surface area contributed by atoms with Crippen LogP contribution >= 0.6 is 0 Å². The molecule has 0 fully saturated rings. The summed E-state index contributed by atoms with van der Waals surface area (Å²) in [5.41, 5.74) is 9.01. The molecule has 0 bridgehead atoms. The van der Waals surface area contributed by atoms with Gasteiger partial charge in [0, 0.05) is 33.8 Å². The number of hydrogen-bond donors (Lipinski definition) is 0. The minimum atomic E-state index is 0.735. The third kappa shape index (κ3) is 3.86. The second-order valence-corrected chi connectivity index (χ2v) is 11.9. The largest absolute Gasteiger partial charge is 0.457 e. The monoisotopic (exact) mass is 595 g/mol. The van der Waals surface area contributed by atoms with Gasteiger partial charge in [-0.25, -0.2) is 4.98 Å². The van der Waals surface area contributed by atoms with Crippen molar-refractivity contribution >= 4 is 49.1 Å². The zero-order chi connectivity index (χ0) is 30.9. The van der Waals surface area contributed by atoms with Gasteiger partial charge >= 0.3 is 0 Å². The number of rotatable bonds is 4. The molecule has 9 rings (SSSR count). The number of pyridine rings is 2. The first kappa shape index (κ1) is 26.4. The van der Waals surface area contributed by atoms with Crippen molar-refractivity contribution in [1.29, 1.82) is 0 Å². The predicted molar refractivity (Wildman–Crippen MR) is 186 cm³/mol. The molecule has 4 aromatic heterocycles. The molecule has 0 saturated carbocycles. The van der Waals surface area contributed by atoms with E-state index in [1.54, 1.807) is 0 Å². The summed E-state index contributed by atoms with van der Waals surface area (Å²) in [6.07, 6.45) is 1.83. The highest BCUT2D eigenvalue weighted by Crippen LogP contribution is 2.41. The normalized spacial score (nSPS) is 11.8. The molecule has 0 radical (unpaired) electrons. The predicted octanol–water partition coefficient (Wildman–Crippen LogP) is 9.91. The summed E-state index contributed by atoms with van der Waals surface area (Å²) >= 11 is 0. The van der Waals surface area contributed by atoms with Crippen LogP contribution in [0, 0.1) is 20.8 Å². The van der Waals surface area contributed by atoms with Gasteiger partial charge in [0.2, 0.25) is 0 Å². The van der Waals surface area contributed by atoms with Crippen molar-refractivity contribution in [2.45, 2.75) is 20.8 Å². The molecular weight excluding hydrogens is 566 g/mol. The lowest BCUT2D eigenvalue weighted by Gasteiger charge is -2.17. The Morgan fingerprint density at radius 1 is 0.565 bits per heavy atom. The molecular formula is C40H29N5O. The lowest BCUT2D eigenvalue weighted by molar-refractivity contribution is 0.484. The van der Waals surface area contributed by atoms with E-state index in [9.17, 15) is 0 Å². The summed E-state index contributed by atoms with van der Waals surface area (Å²) in [4.78, 5) is 4.67. The highest BCUT2D eigenvalue weighted by Gasteiger charge is 2.19. The minimum absolute atomic E-state index is 0.735. The Morgan fingerprint density at radius 3 is 2.11 bits per heavy atom. The van der Waals surface area contributed by atoms with Crippen LogP contribution in [0.5, 0.6) is 11.5 Å². The molecule has 0 aliphatic rings. The Morgan fingerprint density at radius 2 is 1.28 bits per heavy atom. The molecule has 0 saturated heterocycles. The van der Waals surface area contributed by atoms with Gasteiger partial charge in [0.1, 0.15) is 23.1 Å². The summed E-state index contributed by atoms with van der Waals surface area (Å²) in [6, 6.07) is 40.0. The quantitative estimate of drug-likeness (QED) is 0.190. The number of fused-ring (bicyclic) bond motifs is 9. The van der Waals surface area contributed by atoms with Crippen LogP contribution in [-0.4, -0.2) is 24.1 Å². The molecule has 0 aliphatic carbocycles. The van der Waals surface area contributed by atoms with Gasteiger partial charge in [-0.3, -0.25) is 8.97 Å². The molecule has 4 heterocycles. The topological polar surface area (TPSA) is 57.2 Å². The zero-order valence-electron chi connectivity index (χ0n) is 25.7. The van der Waals surface area contributed by atoms with Gasteiger partial charge in [-0.05, 0) is 103 Å². The van der Waals surface area contributed by atoms with Crippen LogP contribution < -0.4 is 4.74 Å². The Kier molecular flexibility index (Phi) is 5.74. The number of aryl methyl sites for hydroxylation is 3. The van der Waals surface area contributed by atoms with Gasteiger partial charge < -0.3 is 4.74 Å². The summed E-state index contributed by atoms with van der Waals surface area (Å²) in [6.45, 7) is 6.37. The molecule has 0 unspecified atom stereocenters. The lowest BCUT2D eigenvalue weighted by Crippen LogP contribution is -1.97. The van der Waals surface area contributed by atoms with Crippen molar-refractivity contribution in [3.05, 3.63) is 138 Å². The van der Waals surface area contributed by atoms with E-state index in [-0.39, 0.29) is 0 Å². The van der Waals surface area contributed by atoms with Crippen molar-refractivity contribution in [3.63, 3.8) is 0 Å². The van der Waals surface area contributed by atoms with E-state index in [1.807, 2.05) is 37.4 Å². The first-order chi connectivity index (χ1) is 22.6. The van der Waals surface area contributed by atoms with E-state index in [0.29, 0.717) is 0 Å². The lowest BCUT2D eigenvalue weighted by atomic mass is 9.91. The number of ether oxygens (including phenoxy) is 1. The van der Waals surface area contributed by atoms with Gasteiger partial charge in [-0.2, -0.15) is 0 Å². The van der Waals surface area contributed by atoms with E-state index in [0.717, 1.165) is 61.5 Å². The highest BCUT2D eigenvalue weighted by molar-refractivity contribution is 6.17. The van der Waals surface area contributed by atoms with Crippen LogP contribution in [0.15, 0.2) is 121 Å². The number of aromatic nitrogens is 5. The molecule has 0 spiro atoms. The zero-order valence-corrected chi connectivity index (χ0v) is 25.7. The first-order valence-electron chi connectivity index (χ1n) is 15.5. The fourth-order valence-electron chi connectivity index (χ4n) is 7.15. The summed E-state index contributed by atoms with van der Waals surface area (Å²) < 4.78 is 11.0. The van der Waals surface area contributed by atoms with Crippen LogP contribution in [0.1, 0.15) is 17.0 Å². The van der Waals surface area contributed by atoms with Crippen molar-refractivity contribution in [3.8, 4) is 28.4 Å². The van der Waals surface area contributed by atoms with E-state index in [1.165, 1.54) is 33.0 Å². The Hall–Kier alpha value is -6.01. The van der Waals surface area contributed by atoms with Crippen LogP contribution in [0.25, 0.3) is 66.1 Å². The number of nitrogens with zero attached hydrogens (tertiary/aromatic N) is 5. The maximum absolute atomic E-state index is 6.61. The van der Waals surface area contributed by atoms with Crippen molar-refractivity contribution in [2.24, 2.45) is 0 Å². The smallest absolute Gasteiger partial charge is 0.169 e. The minimum Gasteiger partial charge on any atom is -0.457 e. The average molecular weight is 596 g/mol. The summed E-state index contributed by atoms with van der Waals surface area (Å²) in [5, 5.41) is 14.8. The maximum Gasteiger partial charge on any atom is 0.169 e. The van der Waals surface area contributed by atoms with E-state index in [4.69, 9.17) is 4.74 Å². The van der Waals surface area contributed by atoms with Crippen LogP contribution in [-0.2, 0) is 0 Å². The molecule has 6 heteroatoms. The molecule has 0 amide bonds. The van der Waals surface area contributed by atoms with Gasteiger partial charge in [0.15, 0.2) is 5.65 Å².